The first-order valence-corrected chi connectivity index (χ1v) is 10.2. The standard InChI is InChI=1S/C22H20BrNO4/c1-13-5-10-18-19(11-13)21(26)24(20(18)25)16-4-2-3-14(12-16)22(27)28-17-8-6-15(23)7-9-17/h2-4,6-9,12-13,18-19H,5,10-11H2,1H3/t13-,18+,19+/m1/s1. The Morgan fingerprint density at radius 3 is 2.50 bits per heavy atom. The van der Waals surface area contributed by atoms with Gasteiger partial charge in [-0.05, 0) is 67.6 Å². The normalized spacial score (nSPS) is 24.2. The molecule has 2 aliphatic rings. The summed E-state index contributed by atoms with van der Waals surface area (Å²) in [5, 5.41) is 0. The van der Waals surface area contributed by atoms with E-state index in [4.69, 9.17) is 4.74 Å². The maximum atomic E-state index is 12.9. The number of fused-ring (bicyclic) bond motifs is 1. The van der Waals surface area contributed by atoms with Crippen molar-refractivity contribution in [3.05, 3.63) is 58.6 Å². The van der Waals surface area contributed by atoms with Crippen molar-refractivity contribution in [1.82, 2.24) is 0 Å². The average molecular weight is 442 g/mol. The van der Waals surface area contributed by atoms with Crippen LogP contribution in [0.25, 0.3) is 0 Å². The van der Waals surface area contributed by atoms with Gasteiger partial charge in [0.1, 0.15) is 5.75 Å². The molecule has 2 aromatic rings. The number of hydrogen-bond donors (Lipinski definition) is 0. The number of nitrogens with zero attached hydrogens (tertiary/aromatic N) is 1. The summed E-state index contributed by atoms with van der Waals surface area (Å²) in [6.45, 7) is 2.12. The Morgan fingerprint density at radius 2 is 1.75 bits per heavy atom. The maximum absolute atomic E-state index is 12.9. The van der Waals surface area contributed by atoms with Gasteiger partial charge in [0.25, 0.3) is 0 Å². The number of imide groups is 1. The number of benzene rings is 2. The first-order chi connectivity index (χ1) is 13.4. The molecule has 144 valence electrons. The number of hydrogen-bond acceptors (Lipinski definition) is 4. The number of carbonyl (C=O) groups is 3. The molecule has 1 heterocycles. The maximum Gasteiger partial charge on any atom is 0.343 e. The lowest BCUT2D eigenvalue weighted by molar-refractivity contribution is -0.122. The molecule has 0 aromatic heterocycles. The van der Waals surface area contributed by atoms with E-state index < -0.39 is 5.97 Å². The summed E-state index contributed by atoms with van der Waals surface area (Å²) in [7, 11) is 0. The molecule has 1 saturated heterocycles. The van der Waals surface area contributed by atoms with Crippen LogP contribution in [0.15, 0.2) is 53.0 Å². The topological polar surface area (TPSA) is 63.7 Å². The van der Waals surface area contributed by atoms with Gasteiger partial charge in [0.15, 0.2) is 0 Å². The number of esters is 1. The highest BCUT2D eigenvalue weighted by Gasteiger charge is 2.50. The van der Waals surface area contributed by atoms with E-state index in [1.54, 1.807) is 48.5 Å². The molecule has 0 spiro atoms. The molecule has 5 nitrogen and oxygen atoms in total. The molecule has 2 aromatic carbocycles. The van der Waals surface area contributed by atoms with Gasteiger partial charge in [-0.25, -0.2) is 4.79 Å². The van der Waals surface area contributed by atoms with Gasteiger partial charge in [-0.15, -0.1) is 0 Å². The Kier molecular flexibility index (Phi) is 5.06. The summed E-state index contributed by atoms with van der Waals surface area (Å²) in [4.78, 5) is 39.5. The van der Waals surface area contributed by atoms with Gasteiger partial charge in [-0.3, -0.25) is 14.5 Å². The number of amides is 2. The molecule has 2 fully saturated rings. The molecule has 28 heavy (non-hydrogen) atoms. The highest BCUT2D eigenvalue weighted by molar-refractivity contribution is 9.10. The Morgan fingerprint density at radius 1 is 1.04 bits per heavy atom. The predicted molar refractivity (Wildman–Crippen MR) is 108 cm³/mol. The van der Waals surface area contributed by atoms with E-state index in [0.29, 0.717) is 22.9 Å². The summed E-state index contributed by atoms with van der Waals surface area (Å²) in [6.07, 6.45) is 2.46. The third kappa shape index (κ3) is 3.49. The number of anilines is 1. The third-order valence-electron chi connectivity index (χ3n) is 5.55. The van der Waals surface area contributed by atoms with E-state index in [1.165, 1.54) is 4.90 Å². The van der Waals surface area contributed by atoms with Crippen molar-refractivity contribution in [3.8, 4) is 5.75 Å². The van der Waals surface area contributed by atoms with E-state index in [2.05, 4.69) is 22.9 Å². The summed E-state index contributed by atoms with van der Waals surface area (Å²) in [6, 6.07) is 13.5. The van der Waals surface area contributed by atoms with Crippen molar-refractivity contribution in [2.24, 2.45) is 17.8 Å². The van der Waals surface area contributed by atoms with Crippen molar-refractivity contribution in [2.75, 3.05) is 4.90 Å². The van der Waals surface area contributed by atoms with E-state index in [0.717, 1.165) is 23.7 Å². The zero-order valence-electron chi connectivity index (χ0n) is 15.4. The van der Waals surface area contributed by atoms with Crippen LogP contribution < -0.4 is 9.64 Å². The minimum absolute atomic E-state index is 0.152. The summed E-state index contributed by atoms with van der Waals surface area (Å²) >= 11 is 3.33. The number of rotatable bonds is 3. The van der Waals surface area contributed by atoms with Gasteiger partial charge < -0.3 is 4.74 Å². The molecule has 0 unspecified atom stereocenters. The minimum atomic E-state index is -0.533. The van der Waals surface area contributed by atoms with Gasteiger partial charge in [0.05, 0.1) is 23.1 Å². The molecule has 6 heteroatoms. The van der Waals surface area contributed by atoms with E-state index in [1.807, 2.05) is 0 Å². The molecule has 0 N–H and O–H groups in total. The summed E-state index contributed by atoms with van der Waals surface area (Å²) in [5.74, 6) is -0.441. The Balaban J connectivity index is 1.56. The smallest absolute Gasteiger partial charge is 0.343 e. The molecule has 4 rings (SSSR count). The number of carbonyl (C=O) groups excluding carboxylic acids is 3. The van der Waals surface area contributed by atoms with Crippen LogP contribution in [-0.4, -0.2) is 17.8 Å². The lowest BCUT2D eigenvalue weighted by Crippen LogP contribution is -2.31. The van der Waals surface area contributed by atoms with Crippen molar-refractivity contribution in [3.63, 3.8) is 0 Å². The Labute approximate surface area is 171 Å². The van der Waals surface area contributed by atoms with E-state index in [-0.39, 0.29) is 23.7 Å². The third-order valence-corrected chi connectivity index (χ3v) is 6.08. The van der Waals surface area contributed by atoms with Crippen LogP contribution >= 0.6 is 15.9 Å². The van der Waals surface area contributed by atoms with Crippen molar-refractivity contribution >= 4 is 39.4 Å². The number of halogens is 1. The van der Waals surface area contributed by atoms with Crippen LogP contribution in [0.4, 0.5) is 5.69 Å². The van der Waals surface area contributed by atoms with Gasteiger partial charge >= 0.3 is 5.97 Å². The second-order valence-corrected chi connectivity index (χ2v) is 8.45. The zero-order valence-corrected chi connectivity index (χ0v) is 17.0. The van der Waals surface area contributed by atoms with Crippen molar-refractivity contribution in [2.45, 2.75) is 26.2 Å². The SMILES string of the molecule is C[C@@H]1CC[C@@H]2C(=O)N(c3cccc(C(=O)Oc4ccc(Br)cc4)c3)C(=O)[C@H]2C1. The first-order valence-electron chi connectivity index (χ1n) is 9.39. The van der Waals surface area contributed by atoms with Crippen LogP contribution in [0.2, 0.25) is 0 Å². The highest BCUT2D eigenvalue weighted by atomic mass is 79.9. The van der Waals surface area contributed by atoms with Crippen LogP contribution in [0.5, 0.6) is 5.75 Å². The minimum Gasteiger partial charge on any atom is -0.423 e. The first kappa shape index (κ1) is 18.9. The van der Waals surface area contributed by atoms with Gasteiger partial charge in [0.2, 0.25) is 11.8 Å². The van der Waals surface area contributed by atoms with Gasteiger partial charge in [-0.2, -0.15) is 0 Å². The Bertz CT molecular complexity index is 940. The predicted octanol–water partition coefficient (Wildman–Crippen LogP) is 4.59. The fourth-order valence-electron chi connectivity index (χ4n) is 4.08. The highest BCUT2D eigenvalue weighted by Crippen LogP contribution is 2.42. The van der Waals surface area contributed by atoms with Crippen LogP contribution in [-0.2, 0) is 9.59 Å². The molecule has 1 aliphatic heterocycles. The van der Waals surface area contributed by atoms with Crippen LogP contribution in [0, 0.1) is 17.8 Å². The van der Waals surface area contributed by atoms with Gasteiger partial charge in [0, 0.05) is 4.47 Å². The van der Waals surface area contributed by atoms with E-state index >= 15 is 0 Å². The monoisotopic (exact) mass is 441 g/mol. The quantitative estimate of drug-likeness (QED) is 0.396. The lowest BCUT2D eigenvalue weighted by Gasteiger charge is -2.25. The molecule has 2 amide bonds. The van der Waals surface area contributed by atoms with Crippen LogP contribution in [0.3, 0.4) is 0 Å². The average Bonchev–Trinajstić information content (AvgIpc) is 2.93. The molecular weight excluding hydrogens is 422 g/mol. The summed E-state index contributed by atoms with van der Waals surface area (Å²) in [5.41, 5.74) is 0.728. The number of ether oxygens (including phenoxy) is 1. The molecule has 3 atom stereocenters. The second kappa shape index (κ2) is 7.51. The van der Waals surface area contributed by atoms with Crippen molar-refractivity contribution < 1.29 is 19.1 Å². The van der Waals surface area contributed by atoms with E-state index in [9.17, 15) is 14.4 Å². The molecule has 1 saturated carbocycles. The van der Waals surface area contributed by atoms with Gasteiger partial charge in [-0.1, -0.05) is 28.9 Å². The molecule has 0 radical (unpaired) electrons. The molecule has 0 bridgehead atoms. The molecule has 1 aliphatic carbocycles. The summed E-state index contributed by atoms with van der Waals surface area (Å²) < 4.78 is 6.27. The fourth-order valence-corrected chi connectivity index (χ4v) is 4.35. The zero-order chi connectivity index (χ0) is 19.8. The van der Waals surface area contributed by atoms with Crippen LogP contribution in [0.1, 0.15) is 36.5 Å². The molecular formula is C22H20BrNO4. The fraction of sp³-hybridized carbons (Fsp3) is 0.318. The largest absolute Gasteiger partial charge is 0.423 e. The second-order valence-electron chi connectivity index (χ2n) is 7.54. The Hall–Kier alpha value is -2.47. The lowest BCUT2D eigenvalue weighted by atomic mass is 9.76. The van der Waals surface area contributed by atoms with Crippen molar-refractivity contribution in [1.29, 1.82) is 0 Å².